The molecule has 0 bridgehead atoms. The zero-order valence-electron chi connectivity index (χ0n) is 18.6. The second-order valence-corrected chi connectivity index (χ2v) is 8.75. The van der Waals surface area contributed by atoms with Crippen molar-refractivity contribution < 1.29 is 4.39 Å². The minimum absolute atomic E-state index is 0.365. The molecule has 33 heavy (non-hydrogen) atoms. The number of hydrogen-bond donors (Lipinski definition) is 2. The molecule has 9 heteroatoms. The second-order valence-electron chi connectivity index (χ2n) is 7.93. The summed E-state index contributed by atoms with van der Waals surface area (Å²) < 4.78 is 16.9. The summed E-state index contributed by atoms with van der Waals surface area (Å²) in [5.74, 6) is -0.365. The molecule has 0 aliphatic heterocycles. The molecular formula is C24H24ClFN6S. The van der Waals surface area contributed by atoms with Crippen molar-refractivity contribution >= 4 is 40.3 Å². The fourth-order valence-corrected chi connectivity index (χ4v) is 3.96. The maximum Gasteiger partial charge on any atom is 0.175 e. The molecule has 4 aromatic rings. The summed E-state index contributed by atoms with van der Waals surface area (Å²) >= 11 is 11.6. The fraction of sp³-hybridized carbons (Fsp3) is 0.208. The van der Waals surface area contributed by atoms with E-state index in [1.807, 2.05) is 24.7 Å². The molecule has 4 rings (SSSR count). The number of nitrogens with zero attached hydrogens (tertiary/aromatic N) is 4. The fourth-order valence-electron chi connectivity index (χ4n) is 3.51. The molecule has 0 aliphatic carbocycles. The molecule has 0 atom stereocenters. The first kappa shape index (κ1) is 22.9. The number of anilines is 2. The van der Waals surface area contributed by atoms with Crippen LogP contribution in [0.25, 0.3) is 0 Å². The van der Waals surface area contributed by atoms with Crippen LogP contribution in [0.2, 0.25) is 5.02 Å². The zero-order valence-corrected chi connectivity index (χ0v) is 20.1. The van der Waals surface area contributed by atoms with Crippen LogP contribution in [0.5, 0.6) is 0 Å². The Kier molecular flexibility index (Phi) is 6.76. The molecule has 2 aromatic carbocycles. The number of halogens is 2. The van der Waals surface area contributed by atoms with Crippen molar-refractivity contribution in [2.75, 3.05) is 10.6 Å². The van der Waals surface area contributed by atoms with E-state index in [9.17, 15) is 4.39 Å². The summed E-state index contributed by atoms with van der Waals surface area (Å²) in [5, 5.41) is 16.2. The molecule has 6 nitrogen and oxygen atoms in total. The molecule has 2 heterocycles. The smallest absolute Gasteiger partial charge is 0.175 e. The molecular weight excluding hydrogens is 459 g/mol. The lowest BCUT2D eigenvalue weighted by molar-refractivity contribution is 0.624. The maximum atomic E-state index is 13.3. The van der Waals surface area contributed by atoms with Gasteiger partial charge in [-0.1, -0.05) is 47.5 Å². The maximum absolute atomic E-state index is 13.3. The zero-order chi connectivity index (χ0) is 23.5. The van der Waals surface area contributed by atoms with E-state index in [2.05, 4.69) is 52.0 Å². The average Bonchev–Trinajstić information content (AvgIpc) is 3.31. The van der Waals surface area contributed by atoms with Gasteiger partial charge in [-0.2, -0.15) is 10.2 Å². The highest BCUT2D eigenvalue weighted by Crippen LogP contribution is 2.22. The van der Waals surface area contributed by atoms with Crippen LogP contribution < -0.4 is 10.6 Å². The van der Waals surface area contributed by atoms with Crippen molar-refractivity contribution in [3.05, 3.63) is 93.8 Å². The van der Waals surface area contributed by atoms with Crippen LogP contribution in [0.1, 0.15) is 28.1 Å². The van der Waals surface area contributed by atoms with Gasteiger partial charge in [0.2, 0.25) is 0 Å². The van der Waals surface area contributed by atoms with Gasteiger partial charge in [-0.25, -0.2) is 4.39 Å². The van der Waals surface area contributed by atoms with Crippen molar-refractivity contribution in [2.45, 2.75) is 33.9 Å². The normalized spacial score (nSPS) is 10.9. The average molecular weight is 483 g/mol. The SMILES string of the molecule is Cc1ccc(Cn2nc(C)c(NC(=S)Nc3cnn(Cc4ccc(F)cc4Cl)c3)c2C)cc1. The van der Waals surface area contributed by atoms with Gasteiger partial charge < -0.3 is 10.6 Å². The molecule has 0 unspecified atom stereocenters. The molecule has 0 radical (unpaired) electrons. The summed E-state index contributed by atoms with van der Waals surface area (Å²) in [5.41, 5.74) is 6.67. The Morgan fingerprint density at radius 3 is 2.55 bits per heavy atom. The monoisotopic (exact) mass is 482 g/mol. The number of aromatic nitrogens is 4. The quantitative estimate of drug-likeness (QED) is 0.345. The number of aryl methyl sites for hydroxylation is 2. The predicted molar refractivity (Wildman–Crippen MR) is 135 cm³/mol. The minimum Gasteiger partial charge on any atom is -0.330 e. The van der Waals surface area contributed by atoms with Gasteiger partial charge in [0.15, 0.2) is 5.11 Å². The van der Waals surface area contributed by atoms with Crippen LogP contribution >= 0.6 is 23.8 Å². The van der Waals surface area contributed by atoms with Gasteiger partial charge in [-0.15, -0.1) is 0 Å². The predicted octanol–water partition coefficient (Wildman–Crippen LogP) is 5.70. The molecule has 0 aliphatic rings. The van der Waals surface area contributed by atoms with Crippen molar-refractivity contribution in [1.82, 2.24) is 19.6 Å². The van der Waals surface area contributed by atoms with Crippen molar-refractivity contribution in [3.63, 3.8) is 0 Å². The lowest BCUT2D eigenvalue weighted by Gasteiger charge is -2.10. The van der Waals surface area contributed by atoms with Gasteiger partial charge in [0.1, 0.15) is 5.82 Å². The summed E-state index contributed by atoms with van der Waals surface area (Å²) in [7, 11) is 0. The Labute approximate surface area is 202 Å². The Bertz CT molecular complexity index is 1300. The number of benzene rings is 2. The molecule has 0 spiro atoms. The first-order valence-corrected chi connectivity index (χ1v) is 11.2. The van der Waals surface area contributed by atoms with E-state index in [1.165, 1.54) is 23.3 Å². The largest absolute Gasteiger partial charge is 0.330 e. The highest BCUT2D eigenvalue weighted by Gasteiger charge is 2.14. The van der Waals surface area contributed by atoms with Gasteiger partial charge in [-0.3, -0.25) is 9.36 Å². The molecule has 0 fully saturated rings. The van der Waals surface area contributed by atoms with Gasteiger partial charge in [0.05, 0.1) is 42.0 Å². The second kappa shape index (κ2) is 9.72. The lowest BCUT2D eigenvalue weighted by atomic mass is 10.1. The van der Waals surface area contributed by atoms with E-state index in [1.54, 1.807) is 16.9 Å². The highest BCUT2D eigenvalue weighted by molar-refractivity contribution is 7.80. The lowest BCUT2D eigenvalue weighted by Crippen LogP contribution is -2.19. The molecule has 2 aromatic heterocycles. The number of nitrogens with one attached hydrogen (secondary N) is 2. The van der Waals surface area contributed by atoms with Crippen LogP contribution in [-0.2, 0) is 13.1 Å². The summed E-state index contributed by atoms with van der Waals surface area (Å²) in [6.07, 6.45) is 3.49. The van der Waals surface area contributed by atoms with Crippen molar-refractivity contribution in [2.24, 2.45) is 0 Å². The van der Waals surface area contributed by atoms with Crippen LogP contribution in [0.4, 0.5) is 15.8 Å². The van der Waals surface area contributed by atoms with E-state index < -0.39 is 0 Å². The van der Waals surface area contributed by atoms with E-state index in [0.717, 1.165) is 28.3 Å². The molecule has 0 amide bonds. The molecule has 2 N–H and O–H groups in total. The standard InChI is InChI=1S/C24H24ClFN6S/c1-15-4-6-18(7-5-15)12-32-17(3)23(16(2)30-32)29-24(33)28-21-11-27-31(14-21)13-19-8-9-20(26)10-22(19)25/h4-11,14H,12-13H2,1-3H3,(H2,28,29,33). The Balaban J connectivity index is 1.40. The molecule has 170 valence electrons. The Morgan fingerprint density at radius 2 is 1.82 bits per heavy atom. The summed E-state index contributed by atoms with van der Waals surface area (Å²) in [4.78, 5) is 0. The summed E-state index contributed by atoms with van der Waals surface area (Å²) in [6.45, 7) is 7.15. The Hall–Kier alpha value is -3.23. The van der Waals surface area contributed by atoms with Gasteiger partial charge >= 0.3 is 0 Å². The first-order valence-electron chi connectivity index (χ1n) is 10.4. The van der Waals surface area contributed by atoms with Crippen LogP contribution in [0, 0.1) is 26.6 Å². The summed E-state index contributed by atoms with van der Waals surface area (Å²) in [6, 6.07) is 12.8. The first-order chi connectivity index (χ1) is 15.8. The van der Waals surface area contributed by atoms with Crippen molar-refractivity contribution in [3.8, 4) is 0 Å². The van der Waals surface area contributed by atoms with Crippen molar-refractivity contribution in [1.29, 1.82) is 0 Å². The van der Waals surface area contributed by atoms with E-state index in [0.29, 0.717) is 23.2 Å². The highest BCUT2D eigenvalue weighted by atomic mass is 35.5. The number of thiocarbonyl (C=S) groups is 1. The third-order valence-electron chi connectivity index (χ3n) is 5.31. The van der Waals surface area contributed by atoms with Crippen LogP contribution in [0.3, 0.4) is 0 Å². The number of hydrogen-bond acceptors (Lipinski definition) is 3. The van der Waals surface area contributed by atoms with E-state index >= 15 is 0 Å². The Morgan fingerprint density at radius 1 is 1.06 bits per heavy atom. The van der Waals surface area contributed by atoms with E-state index in [-0.39, 0.29) is 5.82 Å². The van der Waals surface area contributed by atoms with Crippen LogP contribution in [-0.4, -0.2) is 24.7 Å². The van der Waals surface area contributed by atoms with Crippen LogP contribution in [0.15, 0.2) is 54.9 Å². The van der Waals surface area contributed by atoms with Gasteiger partial charge in [0.25, 0.3) is 0 Å². The third kappa shape index (κ3) is 5.58. The van der Waals surface area contributed by atoms with Gasteiger partial charge in [-0.05, 0) is 56.2 Å². The molecule has 0 saturated heterocycles. The topological polar surface area (TPSA) is 59.7 Å². The third-order valence-corrected chi connectivity index (χ3v) is 5.87. The van der Waals surface area contributed by atoms with E-state index in [4.69, 9.17) is 23.8 Å². The van der Waals surface area contributed by atoms with Gasteiger partial charge in [0, 0.05) is 11.2 Å². The molecule has 0 saturated carbocycles. The number of rotatable bonds is 6. The minimum atomic E-state index is -0.365.